The highest BCUT2D eigenvalue weighted by Crippen LogP contribution is 2.36. The summed E-state index contributed by atoms with van der Waals surface area (Å²) >= 11 is 0. The Kier molecular flexibility index (Phi) is 6.83. The van der Waals surface area contributed by atoms with Crippen molar-refractivity contribution in [1.82, 2.24) is 10.2 Å². The van der Waals surface area contributed by atoms with Crippen molar-refractivity contribution >= 4 is 24.6 Å². The normalized spacial score (nSPS) is 22.3. The van der Waals surface area contributed by atoms with E-state index in [2.05, 4.69) is 5.32 Å². The summed E-state index contributed by atoms with van der Waals surface area (Å²) in [6, 6.07) is 1.52. The smallest absolute Gasteiger partial charge is 0.444 e. The maximum Gasteiger partial charge on any atom is 0.497 e. The lowest BCUT2D eigenvalue weighted by Crippen LogP contribution is -2.50. The number of halogens is 2. The van der Waals surface area contributed by atoms with Gasteiger partial charge in [0.2, 0.25) is 0 Å². The van der Waals surface area contributed by atoms with Crippen LogP contribution in [0.3, 0.4) is 0 Å². The summed E-state index contributed by atoms with van der Waals surface area (Å²) in [5.41, 5.74) is -2.53. The standard InChI is InChI=1S/C23H33BF2N2O5/c1-21(2,3)31-20(30)27-14-9-8-10-28(13-14)19(29)15-11-18(26)16(12-17(15)25)24-32-22(4,5)23(6,7)33-24/h11-12,14H,8-10,13H2,1-7H3,(H,27,30)/t14-/m0/s1. The molecule has 0 aliphatic carbocycles. The Labute approximate surface area is 194 Å². The molecule has 1 aromatic rings. The molecule has 2 amide bonds. The third-order valence-electron chi connectivity index (χ3n) is 6.25. The number of likely N-dealkylation sites (tertiary alicyclic amines) is 1. The van der Waals surface area contributed by atoms with Gasteiger partial charge in [-0.25, -0.2) is 13.6 Å². The SMILES string of the molecule is CC(C)(C)OC(=O)N[C@H]1CCCN(C(=O)c2cc(F)c(B3OC(C)(C)C(C)(C)O3)cc2F)C1. The number of hydrogen-bond acceptors (Lipinski definition) is 5. The van der Waals surface area contributed by atoms with Gasteiger partial charge in [0.25, 0.3) is 5.91 Å². The number of ether oxygens (including phenoxy) is 1. The first-order chi connectivity index (χ1) is 15.1. The quantitative estimate of drug-likeness (QED) is 0.692. The number of benzene rings is 1. The van der Waals surface area contributed by atoms with Gasteiger partial charge in [-0.05, 0) is 73.4 Å². The van der Waals surface area contributed by atoms with Gasteiger partial charge in [-0.2, -0.15) is 0 Å². The Morgan fingerprint density at radius 1 is 1.12 bits per heavy atom. The van der Waals surface area contributed by atoms with Crippen molar-refractivity contribution < 1.29 is 32.4 Å². The first kappa shape index (κ1) is 25.4. The number of nitrogens with zero attached hydrogens (tertiary/aromatic N) is 1. The molecule has 1 atom stereocenters. The second kappa shape index (κ2) is 8.87. The van der Waals surface area contributed by atoms with Crippen molar-refractivity contribution in [3.63, 3.8) is 0 Å². The Morgan fingerprint density at radius 3 is 2.30 bits per heavy atom. The average molecular weight is 466 g/mol. The van der Waals surface area contributed by atoms with E-state index in [-0.39, 0.29) is 23.6 Å². The molecule has 7 nitrogen and oxygen atoms in total. The maximum absolute atomic E-state index is 15.0. The Hall–Kier alpha value is -2.20. The van der Waals surface area contributed by atoms with Crippen molar-refractivity contribution in [2.75, 3.05) is 13.1 Å². The monoisotopic (exact) mass is 466 g/mol. The van der Waals surface area contributed by atoms with Gasteiger partial charge in [0, 0.05) is 24.6 Å². The molecule has 2 heterocycles. The van der Waals surface area contributed by atoms with Gasteiger partial charge < -0.3 is 24.3 Å². The van der Waals surface area contributed by atoms with E-state index in [4.69, 9.17) is 14.0 Å². The summed E-state index contributed by atoms with van der Waals surface area (Å²) in [7, 11) is -1.08. The number of rotatable bonds is 3. The van der Waals surface area contributed by atoms with E-state index >= 15 is 0 Å². The molecular formula is C23H33BF2N2O5. The lowest BCUT2D eigenvalue weighted by atomic mass is 9.78. The van der Waals surface area contributed by atoms with Crippen molar-refractivity contribution in [3.05, 3.63) is 29.3 Å². The lowest BCUT2D eigenvalue weighted by molar-refractivity contribution is 0.00578. The van der Waals surface area contributed by atoms with Crippen LogP contribution < -0.4 is 10.8 Å². The van der Waals surface area contributed by atoms with Gasteiger partial charge in [-0.15, -0.1) is 0 Å². The first-order valence-electron chi connectivity index (χ1n) is 11.2. The zero-order valence-corrected chi connectivity index (χ0v) is 20.4. The van der Waals surface area contributed by atoms with Gasteiger partial charge in [0.05, 0.1) is 16.8 Å². The summed E-state index contributed by atoms with van der Waals surface area (Å²) in [6.45, 7) is 13.1. The molecule has 1 N–H and O–H groups in total. The zero-order valence-electron chi connectivity index (χ0n) is 20.4. The van der Waals surface area contributed by atoms with Crippen LogP contribution in [0, 0.1) is 11.6 Å². The van der Waals surface area contributed by atoms with Crippen LogP contribution in [-0.2, 0) is 14.0 Å². The van der Waals surface area contributed by atoms with Crippen LogP contribution in [0.25, 0.3) is 0 Å². The largest absolute Gasteiger partial charge is 0.497 e. The molecule has 0 saturated carbocycles. The predicted molar refractivity (Wildman–Crippen MR) is 120 cm³/mol. The number of carbonyl (C=O) groups excluding carboxylic acids is 2. The predicted octanol–water partition coefficient (Wildman–Crippen LogP) is 3.39. The molecule has 182 valence electrons. The summed E-state index contributed by atoms with van der Waals surface area (Å²) in [4.78, 5) is 26.5. The second-order valence-corrected chi connectivity index (χ2v) is 10.7. The van der Waals surface area contributed by atoms with E-state index in [1.165, 1.54) is 4.90 Å². The van der Waals surface area contributed by atoms with Crippen LogP contribution in [-0.4, -0.2) is 60.0 Å². The van der Waals surface area contributed by atoms with Gasteiger partial charge in [0.15, 0.2) is 0 Å². The van der Waals surface area contributed by atoms with Crippen LogP contribution in [0.1, 0.15) is 71.7 Å². The molecule has 0 aromatic heterocycles. The average Bonchev–Trinajstić information content (AvgIpc) is 2.88. The molecule has 0 radical (unpaired) electrons. The fourth-order valence-electron chi connectivity index (χ4n) is 3.80. The number of carbonyl (C=O) groups is 2. The van der Waals surface area contributed by atoms with Crippen molar-refractivity contribution in [3.8, 4) is 0 Å². The van der Waals surface area contributed by atoms with E-state index in [1.54, 1.807) is 20.8 Å². The Morgan fingerprint density at radius 2 is 1.73 bits per heavy atom. The molecule has 2 fully saturated rings. The molecule has 2 aliphatic heterocycles. The van der Waals surface area contributed by atoms with Crippen LogP contribution in [0.15, 0.2) is 12.1 Å². The van der Waals surface area contributed by atoms with Gasteiger partial charge in [0.1, 0.15) is 17.2 Å². The molecule has 0 unspecified atom stereocenters. The summed E-state index contributed by atoms with van der Waals surface area (Å²) in [5.74, 6) is -2.27. The lowest BCUT2D eigenvalue weighted by Gasteiger charge is -2.33. The Balaban J connectivity index is 1.72. The number of hydrogen-bond donors (Lipinski definition) is 1. The Bertz CT molecular complexity index is 916. The van der Waals surface area contributed by atoms with Gasteiger partial charge in [-0.3, -0.25) is 4.79 Å². The molecular weight excluding hydrogens is 433 g/mol. The van der Waals surface area contributed by atoms with Crippen LogP contribution >= 0.6 is 0 Å². The minimum Gasteiger partial charge on any atom is -0.444 e. The third-order valence-corrected chi connectivity index (χ3v) is 6.25. The first-order valence-corrected chi connectivity index (χ1v) is 11.2. The molecule has 0 bridgehead atoms. The van der Waals surface area contributed by atoms with Crippen LogP contribution in [0.2, 0.25) is 0 Å². The molecule has 10 heteroatoms. The van der Waals surface area contributed by atoms with Crippen molar-refractivity contribution in [2.24, 2.45) is 0 Å². The van der Waals surface area contributed by atoms with Gasteiger partial charge in [-0.1, -0.05) is 0 Å². The summed E-state index contributed by atoms with van der Waals surface area (Å²) in [6.07, 6.45) is 0.689. The molecule has 33 heavy (non-hydrogen) atoms. The highest BCUT2D eigenvalue weighted by molar-refractivity contribution is 6.62. The minimum atomic E-state index is -1.08. The van der Waals surface area contributed by atoms with Gasteiger partial charge >= 0.3 is 13.2 Å². The van der Waals surface area contributed by atoms with Crippen molar-refractivity contribution in [2.45, 2.75) is 84.2 Å². The van der Waals surface area contributed by atoms with E-state index < -0.39 is 47.6 Å². The molecule has 2 saturated heterocycles. The van der Waals surface area contributed by atoms with E-state index in [0.29, 0.717) is 19.4 Å². The number of alkyl carbamates (subject to hydrolysis) is 1. The van der Waals surface area contributed by atoms with Crippen LogP contribution in [0.5, 0.6) is 0 Å². The van der Waals surface area contributed by atoms with Crippen molar-refractivity contribution in [1.29, 1.82) is 0 Å². The van der Waals surface area contributed by atoms with E-state index in [9.17, 15) is 18.4 Å². The minimum absolute atomic E-state index is 0.0918. The molecule has 2 aliphatic rings. The number of amides is 2. The summed E-state index contributed by atoms with van der Waals surface area (Å²) < 4.78 is 46.8. The van der Waals surface area contributed by atoms with Crippen LogP contribution in [0.4, 0.5) is 13.6 Å². The van der Waals surface area contributed by atoms with E-state index in [0.717, 1.165) is 12.1 Å². The molecule has 3 rings (SSSR count). The fraction of sp³-hybridized carbons (Fsp3) is 0.652. The maximum atomic E-state index is 15.0. The zero-order chi connectivity index (χ0) is 24.8. The highest BCUT2D eigenvalue weighted by Gasteiger charge is 2.52. The fourth-order valence-corrected chi connectivity index (χ4v) is 3.80. The topological polar surface area (TPSA) is 77.1 Å². The third kappa shape index (κ3) is 5.66. The second-order valence-electron chi connectivity index (χ2n) is 10.7. The molecule has 0 spiro atoms. The molecule has 1 aromatic carbocycles. The van der Waals surface area contributed by atoms with E-state index in [1.807, 2.05) is 27.7 Å². The summed E-state index contributed by atoms with van der Waals surface area (Å²) in [5, 5.41) is 2.74. The number of piperidine rings is 1. The highest BCUT2D eigenvalue weighted by atomic mass is 19.1. The number of nitrogens with one attached hydrogen (secondary N) is 1.